The minimum Gasteiger partial charge on any atom is -0.354 e. The highest BCUT2D eigenvalue weighted by Crippen LogP contribution is 2.15. The highest BCUT2D eigenvalue weighted by molar-refractivity contribution is 5.81. The van der Waals surface area contributed by atoms with E-state index in [4.69, 9.17) is 0 Å². The molecule has 1 aromatic rings. The van der Waals surface area contributed by atoms with Gasteiger partial charge in [-0.2, -0.15) is 0 Å². The third-order valence-corrected chi connectivity index (χ3v) is 3.06. The van der Waals surface area contributed by atoms with Gasteiger partial charge in [0.25, 0.3) is 0 Å². The summed E-state index contributed by atoms with van der Waals surface area (Å²) < 4.78 is 0. The number of nitrogens with zero attached hydrogens (tertiary/aromatic N) is 2. The van der Waals surface area contributed by atoms with Crippen molar-refractivity contribution >= 4 is 11.7 Å². The van der Waals surface area contributed by atoms with E-state index in [0.717, 1.165) is 30.9 Å². The van der Waals surface area contributed by atoms with Gasteiger partial charge >= 0.3 is 0 Å². The fourth-order valence-corrected chi connectivity index (χ4v) is 1.98. The average Bonchev–Trinajstić information content (AvgIpc) is 2.46. The average molecular weight is 292 g/mol. The molecule has 1 amide bonds. The predicted molar refractivity (Wildman–Crippen MR) is 87.4 cm³/mol. The van der Waals surface area contributed by atoms with Crippen molar-refractivity contribution in [1.29, 1.82) is 0 Å². The lowest BCUT2D eigenvalue weighted by Gasteiger charge is -2.21. The summed E-state index contributed by atoms with van der Waals surface area (Å²) in [4.78, 5) is 18.2. The molecule has 0 saturated heterocycles. The van der Waals surface area contributed by atoms with Crippen LogP contribution in [-0.4, -0.2) is 37.6 Å². The Morgan fingerprint density at radius 3 is 2.86 bits per heavy atom. The van der Waals surface area contributed by atoms with Crippen molar-refractivity contribution in [3.05, 3.63) is 23.9 Å². The van der Waals surface area contributed by atoms with Crippen LogP contribution in [-0.2, 0) is 11.3 Å². The van der Waals surface area contributed by atoms with Crippen LogP contribution in [0.3, 0.4) is 0 Å². The summed E-state index contributed by atoms with van der Waals surface area (Å²) in [5, 5.41) is 6.30. The predicted octanol–water partition coefficient (Wildman–Crippen LogP) is 1.79. The fraction of sp³-hybridized carbons (Fsp3) is 0.625. The van der Waals surface area contributed by atoms with Gasteiger partial charge in [0.2, 0.25) is 5.91 Å². The number of nitrogens with one attached hydrogen (secondary N) is 2. The minimum atomic E-state index is 0.0318. The first-order valence-electron chi connectivity index (χ1n) is 7.67. The van der Waals surface area contributed by atoms with Crippen LogP contribution in [0.25, 0.3) is 0 Å². The summed E-state index contributed by atoms with van der Waals surface area (Å²) in [6.07, 6.45) is 2.87. The summed E-state index contributed by atoms with van der Waals surface area (Å²) >= 11 is 0. The smallest absolute Gasteiger partial charge is 0.239 e. The molecule has 0 atom stereocenters. The van der Waals surface area contributed by atoms with Crippen LogP contribution < -0.4 is 15.5 Å². The molecule has 1 rings (SSSR count). The number of aromatic nitrogens is 1. The number of hydrogen-bond acceptors (Lipinski definition) is 4. The molecule has 5 nitrogen and oxygen atoms in total. The molecular weight excluding hydrogens is 264 g/mol. The van der Waals surface area contributed by atoms with Gasteiger partial charge < -0.3 is 15.5 Å². The van der Waals surface area contributed by atoms with E-state index in [1.807, 2.05) is 24.1 Å². The van der Waals surface area contributed by atoms with Crippen LogP contribution in [0, 0.1) is 5.92 Å². The molecule has 5 heteroatoms. The molecule has 0 fully saturated rings. The number of rotatable bonds is 9. The maximum absolute atomic E-state index is 11.9. The quantitative estimate of drug-likeness (QED) is 0.681. The molecule has 0 radical (unpaired) electrons. The Hall–Kier alpha value is -1.62. The van der Waals surface area contributed by atoms with E-state index >= 15 is 0 Å². The van der Waals surface area contributed by atoms with Gasteiger partial charge in [-0.1, -0.05) is 26.8 Å². The van der Waals surface area contributed by atoms with Gasteiger partial charge in [-0.15, -0.1) is 0 Å². The summed E-state index contributed by atoms with van der Waals surface area (Å²) in [6, 6.07) is 3.98. The summed E-state index contributed by atoms with van der Waals surface area (Å²) in [6.45, 7) is 9.09. The Morgan fingerprint density at radius 1 is 1.43 bits per heavy atom. The van der Waals surface area contributed by atoms with E-state index in [0.29, 0.717) is 19.0 Å². The van der Waals surface area contributed by atoms with E-state index in [1.54, 1.807) is 6.20 Å². The first-order valence-corrected chi connectivity index (χ1v) is 7.67. The van der Waals surface area contributed by atoms with E-state index < -0.39 is 0 Å². The lowest BCUT2D eigenvalue weighted by atomic mass is 10.2. The van der Waals surface area contributed by atoms with E-state index in [-0.39, 0.29) is 5.91 Å². The molecule has 118 valence electrons. The molecule has 0 aliphatic carbocycles. The number of carbonyl (C=O) groups is 1. The van der Waals surface area contributed by atoms with E-state index in [2.05, 4.69) is 36.4 Å². The summed E-state index contributed by atoms with van der Waals surface area (Å²) in [5.74, 6) is 1.35. The number of anilines is 1. The van der Waals surface area contributed by atoms with Crippen molar-refractivity contribution in [1.82, 2.24) is 15.6 Å². The van der Waals surface area contributed by atoms with Gasteiger partial charge in [0.05, 0.1) is 6.54 Å². The minimum absolute atomic E-state index is 0.0318. The Labute approximate surface area is 128 Å². The maximum atomic E-state index is 11.9. The molecule has 0 bridgehead atoms. The van der Waals surface area contributed by atoms with Crippen LogP contribution in [0.4, 0.5) is 5.82 Å². The van der Waals surface area contributed by atoms with Crippen molar-refractivity contribution in [2.75, 3.05) is 31.6 Å². The number of carbonyl (C=O) groups excluding carboxylic acids is 1. The van der Waals surface area contributed by atoms with Gasteiger partial charge in [0, 0.05) is 31.9 Å². The van der Waals surface area contributed by atoms with Crippen molar-refractivity contribution in [2.24, 2.45) is 5.92 Å². The number of likely N-dealkylation sites (N-methyl/N-ethyl adjacent to an activating group) is 1. The number of amides is 1. The molecule has 0 spiro atoms. The monoisotopic (exact) mass is 292 g/mol. The van der Waals surface area contributed by atoms with Crippen LogP contribution in [0.1, 0.15) is 32.8 Å². The third-order valence-electron chi connectivity index (χ3n) is 3.06. The summed E-state index contributed by atoms with van der Waals surface area (Å²) in [7, 11) is 1.90. The Bertz CT molecular complexity index is 434. The van der Waals surface area contributed by atoms with E-state index in [1.165, 1.54) is 0 Å². The largest absolute Gasteiger partial charge is 0.354 e. The molecular formula is C16H28N4O. The molecule has 0 aliphatic heterocycles. The van der Waals surface area contributed by atoms with Gasteiger partial charge in [0.1, 0.15) is 5.82 Å². The normalized spacial score (nSPS) is 10.7. The molecule has 0 unspecified atom stereocenters. The second kappa shape index (κ2) is 9.34. The SMILES string of the molecule is CCCNCc1cccnc1N(C)CC(=O)NCC(C)C. The summed E-state index contributed by atoms with van der Waals surface area (Å²) in [5.41, 5.74) is 1.12. The molecule has 1 heterocycles. The van der Waals surface area contributed by atoms with Crippen LogP contribution in [0.2, 0.25) is 0 Å². The highest BCUT2D eigenvalue weighted by Gasteiger charge is 2.12. The topological polar surface area (TPSA) is 57.3 Å². The van der Waals surface area contributed by atoms with Crippen molar-refractivity contribution in [2.45, 2.75) is 33.7 Å². The molecule has 0 aliphatic rings. The van der Waals surface area contributed by atoms with Crippen LogP contribution >= 0.6 is 0 Å². The molecule has 21 heavy (non-hydrogen) atoms. The standard InChI is InChI=1S/C16H28N4O/c1-5-8-17-11-14-7-6-9-18-16(14)20(4)12-15(21)19-10-13(2)3/h6-7,9,13,17H,5,8,10-12H2,1-4H3,(H,19,21). The zero-order valence-electron chi connectivity index (χ0n) is 13.6. The van der Waals surface area contributed by atoms with Crippen molar-refractivity contribution in [3.8, 4) is 0 Å². The second-order valence-electron chi connectivity index (χ2n) is 5.72. The zero-order chi connectivity index (χ0) is 15.7. The lowest BCUT2D eigenvalue weighted by molar-refractivity contribution is -0.119. The first kappa shape index (κ1) is 17.4. The Kier molecular flexibility index (Phi) is 7.75. The van der Waals surface area contributed by atoms with Gasteiger partial charge in [-0.3, -0.25) is 4.79 Å². The Balaban J connectivity index is 2.60. The second-order valence-corrected chi connectivity index (χ2v) is 5.72. The third kappa shape index (κ3) is 6.58. The van der Waals surface area contributed by atoms with Crippen molar-refractivity contribution < 1.29 is 4.79 Å². The first-order chi connectivity index (χ1) is 10.0. The molecule has 0 aromatic carbocycles. The number of hydrogen-bond donors (Lipinski definition) is 2. The van der Waals surface area contributed by atoms with E-state index in [9.17, 15) is 4.79 Å². The van der Waals surface area contributed by atoms with Gasteiger partial charge in [-0.05, 0) is 24.9 Å². The molecule has 2 N–H and O–H groups in total. The van der Waals surface area contributed by atoms with Crippen LogP contribution in [0.15, 0.2) is 18.3 Å². The van der Waals surface area contributed by atoms with Crippen molar-refractivity contribution in [3.63, 3.8) is 0 Å². The fourth-order valence-electron chi connectivity index (χ4n) is 1.98. The maximum Gasteiger partial charge on any atom is 0.239 e. The van der Waals surface area contributed by atoms with Gasteiger partial charge in [-0.25, -0.2) is 4.98 Å². The highest BCUT2D eigenvalue weighted by atomic mass is 16.2. The van der Waals surface area contributed by atoms with Gasteiger partial charge in [0.15, 0.2) is 0 Å². The van der Waals surface area contributed by atoms with Crippen LogP contribution in [0.5, 0.6) is 0 Å². The lowest BCUT2D eigenvalue weighted by Crippen LogP contribution is -2.37. The zero-order valence-corrected chi connectivity index (χ0v) is 13.6. The molecule has 1 aromatic heterocycles. The number of pyridine rings is 1. The Morgan fingerprint density at radius 2 is 2.19 bits per heavy atom. The molecule has 0 saturated carbocycles.